The summed E-state index contributed by atoms with van der Waals surface area (Å²) in [6, 6.07) is 1.14. The van der Waals surface area contributed by atoms with Crippen LogP contribution >= 0.6 is 0 Å². The van der Waals surface area contributed by atoms with Gasteiger partial charge in [-0.05, 0) is 6.42 Å². The largest absolute Gasteiger partial charge is 0.337 e. The van der Waals surface area contributed by atoms with Gasteiger partial charge in [0.1, 0.15) is 0 Å². The predicted molar refractivity (Wildman–Crippen MR) is 37.6 cm³/mol. The van der Waals surface area contributed by atoms with Crippen LogP contribution in [0.25, 0.3) is 0 Å². The Morgan fingerprint density at radius 1 is 1.70 bits per heavy atom. The van der Waals surface area contributed by atoms with E-state index in [2.05, 4.69) is 5.32 Å². The smallest absolute Gasteiger partial charge is 0.219 e. The molecule has 0 radical (unpaired) electrons. The third kappa shape index (κ3) is 0.669. The predicted octanol–water partition coefficient (Wildman–Crippen LogP) is -0.421. The average molecular weight is 140 g/mol. The fourth-order valence-electron chi connectivity index (χ4n) is 1.85. The van der Waals surface area contributed by atoms with Gasteiger partial charge in [-0.1, -0.05) is 0 Å². The van der Waals surface area contributed by atoms with Crippen molar-refractivity contribution < 1.29 is 4.79 Å². The molecule has 0 bridgehead atoms. The molecule has 1 N–H and O–H groups in total. The number of amides is 1. The summed E-state index contributed by atoms with van der Waals surface area (Å²) >= 11 is 0. The summed E-state index contributed by atoms with van der Waals surface area (Å²) < 4.78 is 0. The van der Waals surface area contributed by atoms with E-state index in [9.17, 15) is 4.79 Å². The van der Waals surface area contributed by atoms with E-state index in [0.29, 0.717) is 12.1 Å². The molecular formula is C7H12N2O. The Morgan fingerprint density at radius 2 is 2.50 bits per heavy atom. The van der Waals surface area contributed by atoms with Gasteiger partial charge in [0.15, 0.2) is 0 Å². The van der Waals surface area contributed by atoms with E-state index in [0.717, 1.165) is 19.5 Å². The Kier molecular flexibility index (Phi) is 1.20. The van der Waals surface area contributed by atoms with Crippen molar-refractivity contribution in [2.45, 2.75) is 25.4 Å². The maximum absolute atomic E-state index is 10.9. The van der Waals surface area contributed by atoms with Crippen LogP contribution in [0.5, 0.6) is 0 Å². The van der Waals surface area contributed by atoms with Crippen LogP contribution in [0.15, 0.2) is 0 Å². The van der Waals surface area contributed by atoms with Crippen LogP contribution in [0.1, 0.15) is 13.3 Å². The van der Waals surface area contributed by atoms with Crippen molar-refractivity contribution in [2.24, 2.45) is 0 Å². The van der Waals surface area contributed by atoms with Gasteiger partial charge in [-0.2, -0.15) is 0 Å². The SMILES string of the molecule is CC(=O)N1CC[C@@H]2NC[C@@H]21. The first-order valence-electron chi connectivity index (χ1n) is 3.79. The molecule has 2 heterocycles. The molecule has 2 rings (SSSR count). The van der Waals surface area contributed by atoms with E-state index in [1.165, 1.54) is 0 Å². The van der Waals surface area contributed by atoms with Crippen LogP contribution in [0.3, 0.4) is 0 Å². The van der Waals surface area contributed by atoms with Gasteiger partial charge in [0, 0.05) is 26.1 Å². The minimum absolute atomic E-state index is 0.231. The van der Waals surface area contributed by atoms with Crippen molar-refractivity contribution in [3.8, 4) is 0 Å². The van der Waals surface area contributed by atoms with Crippen LogP contribution in [0.2, 0.25) is 0 Å². The van der Waals surface area contributed by atoms with E-state index in [1.807, 2.05) is 4.90 Å². The minimum Gasteiger partial charge on any atom is -0.337 e. The van der Waals surface area contributed by atoms with Gasteiger partial charge in [0.2, 0.25) is 5.91 Å². The zero-order valence-corrected chi connectivity index (χ0v) is 6.13. The number of carbonyl (C=O) groups excluding carboxylic acids is 1. The molecule has 2 atom stereocenters. The van der Waals surface area contributed by atoms with Crippen LogP contribution in [0.4, 0.5) is 0 Å². The van der Waals surface area contributed by atoms with Crippen LogP contribution < -0.4 is 5.32 Å². The Balaban J connectivity index is 2.05. The van der Waals surface area contributed by atoms with Crippen LogP contribution in [-0.4, -0.2) is 36.0 Å². The topological polar surface area (TPSA) is 32.3 Å². The highest BCUT2D eigenvalue weighted by Crippen LogP contribution is 2.23. The molecule has 3 heteroatoms. The average Bonchev–Trinajstić information content (AvgIpc) is 2.07. The van der Waals surface area contributed by atoms with Gasteiger partial charge in [-0.25, -0.2) is 0 Å². The Bertz CT molecular complexity index is 169. The van der Waals surface area contributed by atoms with Crippen molar-refractivity contribution >= 4 is 5.91 Å². The van der Waals surface area contributed by atoms with E-state index < -0.39 is 0 Å². The van der Waals surface area contributed by atoms with E-state index in [-0.39, 0.29) is 5.91 Å². The summed E-state index contributed by atoms with van der Waals surface area (Å²) in [6.07, 6.45) is 1.14. The van der Waals surface area contributed by atoms with Crippen molar-refractivity contribution in [1.82, 2.24) is 10.2 Å². The number of hydrogen-bond acceptors (Lipinski definition) is 2. The number of fused-ring (bicyclic) bond motifs is 1. The molecule has 0 aliphatic carbocycles. The highest BCUT2D eigenvalue weighted by Gasteiger charge is 2.41. The minimum atomic E-state index is 0.231. The summed E-state index contributed by atoms with van der Waals surface area (Å²) in [5.74, 6) is 0.231. The third-order valence-electron chi connectivity index (χ3n) is 2.54. The Morgan fingerprint density at radius 3 is 2.80 bits per heavy atom. The molecule has 2 fully saturated rings. The van der Waals surface area contributed by atoms with Gasteiger partial charge in [0.25, 0.3) is 0 Å². The molecule has 0 aromatic rings. The maximum atomic E-state index is 10.9. The highest BCUT2D eigenvalue weighted by molar-refractivity contribution is 5.74. The molecule has 2 aliphatic rings. The fraction of sp³-hybridized carbons (Fsp3) is 0.857. The summed E-state index contributed by atoms with van der Waals surface area (Å²) in [5.41, 5.74) is 0. The second-order valence-corrected chi connectivity index (χ2v) is 3.08. The number of rotatable bonds is 0. The number of carbonyl (C=O) groups is 1. The third-order valence-corrected chi connectivity index (χ3v) is 2.54. The molecule has 2 saturated heterocycles. The molecular weight excluding hydrogens is 128 g/mol. The van der Waals surface area contributed by atoms with Gasteiger partial charge in [0.05, 0.1) is 6.04 Å². The highest BCUT2D eigenvalue weighted by atomic mass is 16.2. The zero-order valence-electron chi connectivity index (χ0n) is 6.13. The summed E-state index contributed by atoms with van der Waals surface area (Å²) in [7, 11) is 0. The lowest BCUT2D eigenvalue weighted by Gasteiger charge is -2.36. The first-order valence-corrected chi connectivity index (χ1v) is 3.79. The second-order valence-electron chi connectivity index (χ2n) is 3.08. The molecule has 0 aromatic heterocycles. The van der Waals surface area contributed by atoms with Crippen molar-refractivity contribution in [1.29, 1.82) is 0 Å². The maximum Gasteiger partial charge on any atom is 0.219 e. The Hall–Kier alpha value is -0.570. The number of hydrogen-bond donors (Lipinski definition) is 1. The van der Waals surface area contributed by atoms with E-state index in [1.54, 1.807) is 6.92 Å². The molecule has 0 unspecified atom stereocenters. The molecule has 56 valence electrons. The van der Waals surface area contributed by atoms with Gasteiger partial charge in [-0.15, -0.1) is 0 Å². The number of nitrogens with zero attached hydrogens (tertiary/aromatic N) is 1. The standard InChI is InChI=1S/C7H12N2O/c1-5(10)9-3-2-6-7(9)4-8-6/h6-8H,2-4H2,1H3/t6-,7-/m0/s1. The normalized spacial score (nSPS) is 37.1. The fourth-order valence-corrected chi connectivity index (χ4v) is 1.85. The Labute approximate surface area is 60.4 Å². The lowest BCUT2D eigenvalue weighted by molar-refractivity contribution is -0.130. The molecule has 3 nitrogen and oxygen atoms in total. The lowest BCUT2D eigenvalue weighted by Crippen LogP contribution is -2.60. The zero-order chi connectivity index (χ0) is 7.14. The van der Waals surface area contributed by atoms with Crippen molar-refractivity contribution in [2.75, 3.05) is 13.1 Å². The molecule has 10 heavy (non-hydrogen) atoms. The first-order chi connectivity index (χ1) is 4.79. The molecule has 0 aromatic carbocycles. The summed E-state index contributed by atoms with van der Waals surface area (Å²) in [5, 5.41) is 3.30. The van der Waals surface area contributed by atoms with E-state index in [4.69, 9.17) is 0 Å². The summed E-state index contributed by atoms with van der Waals surface area (Å²) in [4.78, 5) is 12.9. The first kappa shape index (κ1) is 6.16. The van der Waals surface area contributed by atoms with Gasteiger partial charge >= 0.3 is 0 Å². The monoisotopic (exact) mass is 140 g/mol. The van der Waals surface area contributed by atoms with Gasteiger partial charge < -0.3 is 10.2 Å². The van der Waals surface area contributed by atoms with Crippen LogP contribution in [-0.2, 0) is 4.79 Å². The number of nitrogens with one attached hydrogen (secondary N) is 1. The van der Waals surface area contributed by atoms with Gasteiger partial charge in [-0.3, -0.25) is 4.79 Å². The van der Waals surface area contributed by atoms with Crippen molar-refractivity contribution in [3.63, 3.8) is 0 Å². The lowest BCUT2D eigenvalue weighted by atomic mass is 10.0. The molecule has 1 amide bonds. The van der Waals surface area contributed by atoms with Crippen molar-refractivity contribution in [3.05, 3.63) is 0 Å². The number of likely N-dealkylation sites (tertiary alicyclic amines) is 1. The van der Waals surface area contributed by atoms with Crippen LogP contribution in [0, 0.1) is 0 Å². The molecule has 2 aliphatic heterocycles. The summed E-state index contributed by atoms with van der Waals surface area (Å²) in [6.45, 7) is 3.61. The molecule has 0 saturated carbocycles. The quantitative estimate of drug-likeness (QED) is 0.495. The molecule has 0 spiro atoms. The van der Waals surface area contributed by atoms with E-state index >= 15 is 0 Å². The second kappa shape index (κ2) is 1.95.